The Morgan fingerprint density at radius 1 is 0.920 bits per heavy atom. The van der Waals surface area contributed by atoms with Crippen molar-refractivity contribution in [2.45, 2.75) is 90.6 Å². The molecule has 4 rings (SSSR count). The van der Waals surface area contributed by atoms with E-state index in [2.05, 4.69) is 34.4 Å². The van der Waals surface area contributed by atoms with E-state index in [9.17, 15) is 19.5 Å². The van der Waals surface area contributed by atoms with Gasteiger partial charge in [-0.05, 0) is 36.3 Å². The summed E-state index contributed by atoms with van der Waals surface area (Å²) < 4.78 is 5.43. The number of hydrogen-bond donors (Lipinski definition) is 3. The molecule has 0 aliphatic carbocycles. The van der Waals surface area contributed by atoms with Gasteiger partial charge >= 0.3 is 6.09 Å². The molecule has 0 radical (unpaired) electrons. The number of aliphatic hydroxyl groups is 1. The second-order valence-corrected chi connectivity index (χ2v) is 15.2. The van der Waals surface area contributed by atoms with Crippen LogP contribution in [0.3, 0.4) is 0 Å². The Balaban J connectivity index is 1.46. The van der Waals surface area contributed by atoms with Crippen molar-refractivity contribution >= 4 is 40.6 Å². The van der Waals surface area contributed by atoms with Crippen molar-refractivity contribution in [3.05, 3.63) is 104 Å². The smallest absolute Gasteiger partial charge is 0.407 e. The fraction of sp³-hybridized carbons (Fsp3) is 0.447. The maximum Gasteiger partial charge on any atom is 0.407 e. The highest BCUT2D eigenvalue weighted by atomic mass is 32.1. The topological polar surface area (TPSA) is 134 Å². The number of carbonyl (C=O) groups excluding carboxylic acids is 3. The molecule has 0 saturated heterocycles. The number of rotatable bonds is 18. The van der Waals surface area contributed by atoms with Crippen molar-refractivity contribution < 1.29 is 24.2 Å². The zero-order valence-electron chi connectivity index (χ0n) is 29.5. The van der Waals surface area contributed by atoms with Gasteiger partial charge < -0.3 is 25.4 Å². The highest BCUT2D eigenvalue weighted by Crippen LogP contribution is 2.22. The second-order valence-electron chi connectivity index (χ2n) is 13.3. The van der Waals surface area contributed by atoms with Gasteiger partial charge in [0.25, 0.3) is 0 Å². The summed E-state index contributed by atoms with van der Waals surface area (Å²) in [7, 11) is 1.74. The summed E-state index contributed by atoms with van der Waals surface area (Å²) in [5, 5.41) is 20.7. The van der Waals surface area contributed by atoms with E-state index in [4.69, 9.17) is 4.74 Å². The highest BCUT2D eigenvalue weighted by Gasteiger charge is 2.31. The van der Waals surface area contributed by atoms with Crippen LogP contribution in [0.5, 0.6) is 0 Å². The molecule has 0 unspecified atom stereocenters. The molecular weight excluding hydrogens is 671 g/mol. The van der Waals surface area contributed by atoms with E-state index >= 15 is 0 Å². The van der Waals surface area contributed by atoms with Crippen LogP contribution in [0, 0.1) is 11.8 Å². The van der Waals surface area contributed by atoms with Gasteiger partial charge in [-0.25, -0.2) is 9.78 Å². The van der Waals surface area contributed by atoms with Crippen molar-refractivity contribution in [3.63, 3.8) is 0 Å². The Morgan fingerprint density at radius 2 is 1.58 bits per heavy atom. The summed E-state index contributed by atoms with van der Waals surface area (Å²) in [5.74, 6) is -0.758. The third-order valence-electron chi connectivity index (χ3n) is 8.52. The predicted molar refractivity (Wildman–Crippen MR) is 198 cm³/mol. The minimum absolute atomic E-state index is 0.0472. The predicted octanol–water partition coefficient (Wildman–Crippen LogP) is 6.36. The van der Waals surface area contributed by atoms with Crippen LogP contribution in [-0.2, 0) is 40.3 Å². The van der Waals surface area contributed by atoms with Crippen molar-refractivity contribution in [1.29, 1.82) is 0 Å². The van der Waals surface area contributed by atoms with Crippen LogP contribution in [0.25, 0.3) is 0 Å². The third kappa shape index (κ3) is 12.3. The molecule has 50 heavy (non-hydrogen) atoms. The van der Waals surface area contributed by atoms with E-state index in [1.165, 1.54) is 11.3 Å². The SMILES string of the molecule is CC(C)c1nc(CN(C)C(=O)C[C@H](C(=O)N[C@@H](Cc2ccccc2)C[C@H](O)[C@H](Cc2ccccc2)NC(=O)OCc2cncs2)C(C)C)cs1. The molecule has 2 heterocycles. The lowest BCUT2D eigenvalue weighted by Gasteiger charge is -2.30. The van der Waals surface area contributed by atoms with Gasteiger partial charge in [0.1, 0.15) is 6.61 Å². The molecule has 10 nitrogen and oxygen atoms in total. The summed E-state index contributed by atoms with van der Waals surface area (Å²) in [6.07, 6.45) is 0.987. The molecule has 2 aromatic heterocycles. The van der Waals surface area contributed by atoms with Crippen molar-refractivity contribution in [1.82, 2.24) is 25.5 Å². The van der Waals surface area contributed by atoms with E-state index in [0.29, 0.717) is 25.3 Å². The standard InChI is InChI=1S/C38H49N5O5S2/c1-25(2)32(19-35(45)43(5)21-30-23-49-37(41-30)26(3)4)36(46)40-29(16-27-12-8-6-9-13-27)18-34(44)33(17-28-14-10-7-11-15-28)42-38(47)48-22-31-20-39-24-50-31/h6-15,20,23-26,29,32-34,44H,16-19,21-22H2,1-5H3,(H,40,46)(H,42,47)/t29-,32-,33-,34-/m0/s1. The lowest BCUT2D eigenvalue weighted by atomic mass is 9.89. The Hall–Kier alpha value is -4.13. The van der Waals surface area contributed by atoms with E-state index in [0.717, 1.165) is 26.7 Å². The fourth-order valence-electron chi connectivity index (χ4n) is 5.62. The minimum atomic E-state index is -1.03. The quantitative estimate of drug-likeness (QED) is 0.109. The summed E-state index contributed by atoms with van der Waals surface area (Å²) >= 11 is 2.98. The summed E-state index contributed by atoms with van der Waals surface area (Å²) in [6, 6.07) is 18.2. The maximum absolute atomic E-state index is 13.9. The molecule has 268 valence electrons. The van der Waals surface area contributed by atoms with Gasteiger partial charge in [0.05, 0.1) is 39.8 Å². The number of amides is 3. The largest absolute Gasteiger partial charge is 0.444 e. The van der Waals surface area contributed by atoms with Gasteiger partial charge in [-0.2, -0.15) is 0 Å². The summed E-state index contributed by atoms with van der Waals surface area (Å²) in [4.78, 5) is 51.3. The summed E-state index contributed by atoms with van der Waals surface area (Å²) in [5.41, 5.74) is 4.43. The molecule has 12 heteroatoms. The molecule has 3 N–H and O–H groups in total. The molecule has 0 aliphatic rings. The first-order valence-corrected chi connectivity index (χ1v) is 18.8. The first-order chi connectivity index (χ1) is 24.0. The molecule has 0 fully saturated rings. The monoisotopic (exact) mass is 719 g/mol. The van der Waals surface area contributed by atoms with E-state index in [1.807, 2.05) is 79.9 Å². The Bertz CT molecular complexity index is 1610. The zero-order chi connectivity index (χ0) is 36.0. The number of ether oxygens (including phenoxy) is 1. The number of benzene rings is 2. The number of carbonyl (C=O) groups is 3. The van der Waals surface area contributed by atoms with Gasteiger partial charge in [-0.3, -0.25) is 14.6 Å². The van der Waals surface area contributed by atoms with Crippen LogP contribution >= 0.6 is 22.7 Å². The van der Waals surface area contributed by atoms with Crippen molar-refractivity contribution in [2.75, 3.05) is 7.05 Å². The van der Waals surface area contributed by atoms with Crippen LogP contribution < -0.4 is 10.6 Å². The van der Waals surface area contributed by atoms with Crippen molar-refractivity contribution in [2.24, 2.45) is 11.8 Å². The number of aromatic nitrogens is 2. The van der Waals surface area contributed by atoms with Crippen LogP contribution in [0.2, 0.25) is 0 Å². The lowest BCUT2D eigenvalue weighted by Crippen LogP contribution is -2.50. The van der Waals surface area contributed by atoms with Gasteiger partial charge in [0, 0.05) is 42.9 Å². The minimum Gasteiger partial charge on any atom is -0.444 e. The first-order valence-electron chi connectivity index (χ1n) is 17.0. The van der Waals surface area contributed by atoms with Crippen molar-refractivity contribution in [3.8, 4) is 0 Å². The number of nitrogens with zero attached hydrogens (tertiary/aromatic N) is 3. The first kappa shape index (κ1) is 38.7. The zero-order valence-corrected chi connectivity index (χ0v) is 31.1. The van der Waals surface area contributed by atoms with Crippen LogP contribution in [0.1, 0.15) is 73.2 Å². The van der Waals surface area contributed by atoms with Gasteiger partial charge in [0.2, 0.25) is 11.8 Å². The van der Waals surface area contributed by atoms with E-state index < -0.39 is 30.2 Å². The normalized spacial score (nSPS) is 13.8. The average molecular weight is 720 g/mol. The van der Waals surface area contributed by atoms with Gasteiger partial charge in [-0.15, -0.1) is 22.7 Å². The Labute approximate surface area is 303 Å². The van der Waals surface area contributed by atoms with E-state index in [-0.39, 0.29) is 37.2 Å². The summed E-state index contributed by atoms with van der Waals surface area (Å²) in [6.45, 7) is 8.50. The fourth-order valence-corrected chi connectivity index (χ4v) is 6.95. The molecule has 4 aromatic rings. The van der Waals surface area contributed by atoms with Gasteiger partial charge in [-0.1, -0.05) is 88.4 Å². The second kappa shape index (κ2) is 19.3. The molecule has 4 atom stereocenters. The average Bonchev–Trinajstić information content (AvgIpc) is 3.79. The van der Waals surface area contributed by atoms with Crippen LogP contribution in [-0.4, -0.2) is 63.1 Å². The molecule has 3 amide bonds. The molecule has 0 aliphatic heterocycles. The van der Waals surface area contributed by atoms with Crippen LogP contribution in [0.4, 0.5) is 4.79 Å². The van der Waals surface area contributed by atoms with Gasteiger partial charge in [0.15, 0.2) is 0 Å². The van der Waals surface area contributed by atoms with E-state index in [1.54, 1.807) is 35.0 Å². The lowest BCUT2D eigenvalue weighted by molar-refractivity contribution is -0.137. The third-order valence-corrected chi connectivity index (χ3v) is 10.5. The number of hydrogen-bond acceptors (Lipinski definition) is 9. The maximum atomic E-state index is 13.9. The number of alkyl carbamates (subject to hydrolysis) is 1. The molecule has 2 aromatic carbocycles. The van der Waals surface area contributed by atoms with Crippen LogP contribution in [0.15, 0.2) is 77.8 Å². The highest BCUT2D eigenvalue weighted by molar-refractivity contribution is 7.09. The number of aliphatic hydroxyl groups excluding tert-OH is 1. The number of thiazole rings is 2. The number of nitrogens with one attached hydrogen (secondary N) is 2. The molecule has 0 spiro atoms. The molecule has 0 bridgehead atoms. The molecule has 0 saturated carbocycles. The Kier molecular flexibility index (Phi) is 14.9. The molecular formula is C38H49N5O5S2. The Morgan fingerprint density at radius 3 is 2.16 bits per heavy atom.